The molecular weight excluding hydrogens is 719 g/mol. The zero-order valence-electron chi connectivity index (χ0n) is 42.3. The van der Waals surface area contributed by atoms with Gasteiger partial charge in [0, 0.05) is 32.7 Å². The average molecular weight is 781 g/mol. The van der Waals surface area contributed by atoms with Crippen LogP contribution in [0.25, 0.3) is 72.7 Å². The lowest BCUT2D eigenvalue weighted by Crippen LogP contribution is -2.17. The minimum atomic E-state index is -2.82. The summed E-state index contributed by atoms with van der Waals surface area (Å²) in [7, 11) is 0. The monoisotopic (exact) mass is 780 g/mol. The standard InChI is InChI=1S/C55H55N3O/c1-35-19-21-38(22-20-35)39-27-28-56-48(32-39)41-29-40(30-42(31-41)53(2,3)4)45-17-14-18-49-50(45)57-52(46-33-43(54(5,6)7)34-47(51(46)59)55(8,9)10)58(49)44-25-23-37(24-26-44)36-15-12-11-13-16-36/h11-34,59H,1-10H3/i1D3,19D,20D,21D,22D. The van der Waals surface area contributed by atoms with Crippen LogP contribution in [0.4, 0.5) is 0 Å². The van der Waals surface area contributed by atoms with Gasteiger partial charge in [-0.05, 0) is 111 Å². The molecule has 0 aliphatic rings. The normalized spacial score (nSPS) is 14.2. The molecule has 59 heavy (non-hydrogen) atoms. The molecule has 8 rings (SSSR count). The van der Waals surface area contributed by atoms with Gasteiger partial charge >= 0.3 is 0 Å². The number of fused-ring (bicyclic) bond motifs is 1. The van der Waals surface area contributed by atoms with Crippen LogP contribution in [0.1, 0.15) is 94.2 Å². The van der Waals surface area contributed by atoms with Gasteiger partial charge in [-0.1, -0.05) is 159 Å². The van der Waals surface area contributed by atoms with E-state index in [1.165, 1.54) is 0 Å². The van der Waals surface area contributed by atoms with Gasteiger partial charge in [0.1, 0.15) is 11.6 Å². The van der Waals surface area contributed by atoms with E-state index in [1.54, 1.807) is 18.3 Å². The number of imidazole rings is 1. The predicted molar refractivity (Wildman–Crippen MR) is 249 cm³/mol. The Balaban J connectivity index is 1.38. The van der Waals surface area contributed by atoms with Crippen LogP contribution in [0, 0.1) is 6.85 Å². The van der Waals surface area contributed by atoms with E-state index in [1.807, 2.05) is 30.3 Å². The van der Waals surface area contributed by atoms with Crippen molar-refractivity contribution in [2.75, 3.05) is 0 Å². The molecule has 0 aliphatic heterocycles. The highest BCUT2D eigenvalue weighted by Crippen LogP contribution is 2.45. The van der Waals surface area contributed by atoms with Gasteiger partial charge in [0.15, 0.2) is 0 Å². The van der Waals surface area contributed by atoms with Crippen molar-refractivity contribution in [1.82, 2.24) is 14.5 Å². The van der Waals surface area contributed by atoms with Crippen molar-refractivity contribution in [3.8, 4) is 67.5 Å². The minimum absolute atomic E-state index is 0.00175. The van der Waals surface area contributed by atoms with Crippen molar-refractivity contribution in [2.45, 2.75) is 85.4 Å². The first-order valence-electron chi connectivity index (χ1n) is 23.6. The van der Waals surface area contributed by atoms with E-state index in [2.05, 4.69) is 140 Å². The Hall–Kier alpha value is -6.26. The number of phenols is 1. The number of para-hydroxylation sites is 1. The maximum atomic E-state index is 12.3. The first-order valence-corrected chi connectivity index (χ1v) is 20.1. The molecule has 0 amide bonds. The summed E-state index contributed by atoms with van der Waals surface area (Å²) in [5.41, 5.74) is 10.1. The van der Waals surface area contributed by atoms with Gasteiger partial charge in [-0.15, -0.1) is 0 Å². The smallest absolute Gasteiger partial charge is 0.149 e. The van der Waals surface area contributed by atoms with Crippen LogP contribution < -0.4 is 0 Å². The van der Waals surface area contributed by atoms with E-state index in [0.717, 1.165) is 61.2 Å². The number of phenolic OH excluding ortho intramolecular Hbond substituents is 1. The van der Waals surface area contributed by atoms with Gasteiger partial charge in [-0.3, -0.25) is 9.55 Å². The third-order valence-electron chi connectivity index (χ3n) is 11.0. The summed E-state index contributed by atoms with van der Waals surface area (Å²) in [5, 5.41) is 12.3. The second-order valence-corrected chi connectivity index (χ2v) is 18.5. The fourth-order valence-electron chi connectivity index (χ4n) is 7.58. The molecule has 0 bridgehead atoms. The molecule has 8 aromatic rings. The van der Waals surface area contributed by atoms with Crippen LogP contribution in [-0.2, 0) is 16.2 Å². The number of nitrogens with zero attached hydrogens (tertiary/aromatic N) is 3. The number of hydrogen-bond acceptors (Lipinski definition) is 3. The lowest BCUT2D eigenvalue weighted by molar-refractivity contribution is 0.446. The molecular formula is C55H55N3O. The van der Waals surface area contributed by atoms with Gasteiger partial charge in [-0.25, -0.2) is 4.98 Å². The number of rotatable bonds is 6. The Bertz CT molecular complexity index is 3140. The van der Waals surface area contributed by atoms with Crippen molar-refractivity contribution in [3.05, 3.63) is 168 Å². The summed E-state index contributed by atoms with van der Waals surface area (Å²) in [6.45, 7) is 16.5. The van der Waals surface area contributed by atoms with Crippen LogP contribution in [-0.4, -0.2) is 19.6 Å². The molecule has 0 radical (unpaired) electrons. The molecule has 0 unspecified atom stereocenters. The number of aromatic hydroxyl groups is 1. The Kier molecular flexibility index (Phi) is 7.97. The number of pyridine rings is 1. The minimum Gasteiger partial charge on any atom is -0.507 e. The van der Waals surface area contributed by atoms with Crippen LogP contribution in [0.15, 0.2) is 146 Å². The van der Waals surface area contributed by atoms with Crippen LogP contribution >= 0.6 is 0 Å². The molecule has 4 heteroatoms. The predicted octanol–water partition coefficient (Wildman–Crippen LogP) is 14.7. The first kappa shape index (κ1) is 31.7. The fourth-order valence-corrected chi connectivity index (χ4v) is 7.58. The van der Waals surface area contributed by atoms with Gasteiger partial charge in [0.2, 0.25) is 0 Å². The summed E-state index contributed by atoms with van der Waals surface area (Å²) >= 11 is 0. The van der Waals surface area contributed by atoms with Crippen molar-refractivity contribution in [1.29, 1.82) is 0 Å². The lowest BCUT2D eigenvalue weighted by atomic mass is 9.79. The number of hydrogen-bond donors (Lipinski definition) is 1. The van der Waals surface area contributed by atoms with Crippen molar-refractivity contribution >= 4 is 11.0 Å². The van der Waals surface area contributed by atoms with Crippen molar-refractivity contribution in [3.63, 3.8) is 0 Å². The largest absolute Gasteiger partial charge is 0.507 e. The molecule has 2 aromatic heterocycles. The van der Waals surface area contributed by atoms with E-state index in [-0.39, 0.29) is 27.6 Å². The van der Waals surface area contributed by atoms with Crippen molar-refractivity contribution in [2.24, 2.45) is 0 Å². The van der Waals surface area contributed by atoms with Gasteiger partial charge < -0.3 is 5.11 Å². The van der Waals surface area contributed by atoms with E-state index in [0.29, 0.717) is 22.6 Å². The Labute approximate surface area is 360 Å². The Morgan fingerprint density at radius 3 is 1.88 bits per heavy atom. The van der Waals surface area contributed by atoms with Gasteiger partial charge in [0.25, 0.3) is 0 Å². The maximum Gasteiger partial charge on any atom is 0.149 e. The molecule has 6 aromatic carbocycles. The Morgan fingerprint density at radius 1 is 0.559 bits per heavy atom. The van der Waals surface area contributed by atoms with Gasteiger partial charge in [-0.2, -0.15) is 0 Å². The molecule has 0 atom stereocenters. The first-order chi connectivity index (χ1) is 30.8. The number of aromatic nitrogens is 3. The summed E-state index contributed by atoms with van der Waals surface area (Å²) < 4.78 is 60.5. The van der Waals surface area contributed by atoms with Crippen LogP contribution in [0.3, 0.4) is 0 Å². The zero-order valence-corrected chi connectivity index (χ0v) is 35.3. The Morgan fingerprint density at radius 2 is 1.22 bits per heavy atom. The lowest BCUT2D eigenvalue weighted by Gasteiger charge is -2.27. The highest BCUT2D eigenvalue weighted by molar-refractivity contribution is 5.97. The molecule has 0 spiro atoms. The SMILES string of the molecule is [2H]c1c([2H])c(C([2H])([2H])[2H])c([2H])c([2H])c1-c1ccnc(-c2cc(-c3cccc4c3nc(-c3cc(C(C)(C)C)cc(C(C)(C)C)c3O)n4-c3ccc(-c4ccccc4)cc3)cc(C(C)(C)C)c2)c1. The fraction of sp³-hybridized carbons (Fsp3) is 0.236. The summed E-state index contributed by atoms with van der Waals surface area (Å²) in [5.74, 6) is 0.789. The highest BCUT2D eigenvalue weighted by atomic mass is 16.3. The molecule has 4 nitrogen and oxygen atoms in total. The topological polar surface area (TPSA) is 50.9 Å². The molecule has 0 aliphatic carbocycles. The second-order valence-electron chi connectivity index (χ2n) is 18.5. The van der Waals surface area contributed by atoms with E-state index < -0.39 is 36.6 Å². The molecule has 0 fully saturated rings. The van der Waals surface area contributed by atoms with Crippen molar-refractivity contribution < 1.29 is 14.7 Å². The summed E-state index contributed by atoms with van der Waals surface area (Å²) in [6.07, 6.45) is 1.57. The summed E-state index contributed by atoms with van der Waals surface area (Å²) in [6, 6.07) is 36.6. The molecule has 296 valence electrons. The van der Waals surface area contributed by atoms with E-state index in [4.69, 9.17) is 19.6 Å². The third-order valence-corrected chi connectivity index (χ3v) is 11.0. The number of benzene rings is 6. The van der Waals surface area contributed by atoms with Crippen LogP contribution in [0.5, 0.6) is 5.75 Å². The highest BCUT2D eigenvalue weighted by Gasteiger charge is 2.29. The molecule has 0 saturated heterocycles. The third kappa shape index (κ3) is 7.84. The quantitative estimate of drug-likeness (QED) is 0.183. The molecule has 0 saturated carbocycles. The molecule has 2 heterocycles. The van der Waals surface area contributed by atoms with Gasteiger partial charge in [0.05, 0.1) is 27.8 Å². The second kappa shape index (κ2) is 14.8. The average Bonchev–Trinajstić information content (AvgIpc) is 3.64. The van der Waals surface area contributed by atoms with E-state index >= 15 is 0 Å². The zero-order chi connectivity index (χ0) is 47.8. The maximum absolute atomic E-state index is 12.3. The molecule has 1 N–H and O–H groups in total. The van der Waals surface area contributed by atoms with Crippen LogP contribution in [0.2, 0.25) is 0 Å². The summed E-state index contributed by atoms with van der Waals surface area (Å²) in [4.78, 5) is 10.3. The van der Waals surface area contributed by atoms with E-state index in [9.17, 15) is 5.11 Å².